The average molecular weight is 397 g/mol. The van der Waals surface area contributed by atoms with E-state index in [2.05, 4.69) is 76.2 Å². The van der Waals surface area contributed by atoms with Gasteiger partial charge in [-0.15, -0.1) is 0 Å². The Hall–Kier alpha value is -1.38. The van der Waals surface area contributed by atoms with Crippen molar-refractivity contribution in [3.8, 4) is 0 Å². The van der Waals surface area contributed by atoms with Crippen LogP contribution < -0.4 is 0 Å². The fraction of sp³-hybridized carbons (Fsp3) is 0.440. The number of thiocarbonyl (C=S) groups is 2. The highest BCUT2D eigenvalue weighted by atomic mass is 32.1. The predicted molar refractivity (Wildman–Crippen MR) is 127 cm³/mol. The van der Waals surface area contributed by atoms with Crippen LogP contribution in [0.15, 0.2) is 48.5 Å². The monoisotopic (exact) mass is 396 g/mol. The molecule has 0 aromatic heterocycles. The Kier molecular flexibility index (Phi) is 8.79. The Balaban J connectivity index is 1.81. The molecular weight excluding hydrogens is 364 g/mol. The number of hydrogen-bond acceptors (Lipinski definition) is 2. The molecule has 0 radical (unpaired) electrons. The van der Waals surface area contributed by atoms with Crippen molar-refractivity contribution in [3.63, 3.8) is 0 Å². The largest absolute Gasteiger partial charge is 0.0843 e. The second-order valence-corrected chi connectivity index (χ2v) is 9.28. The van der Waals surface area contributed by atoms with E-state index in [1.807, 2.05) is 0 Å². The van der Waals surface area contributed by atoms with Gasteiger partial charge in [0.1, 0.15) is 0 Å². The summed E-state index contributed by atoms with van der Waals surface area (Å²) in [7, 11) is 0. The van der Waals surface area contributed by atoms with Crippen LogP contribution in [0, 0.1) is 11.8 Å². The first-order chi connectivity index (χ1) is 12.8. The van der Waals surface area contributed by atoms with Crippen LogP contribution in [0.5, 0.6) is 0 Å². The third-order valence-electron chi connectivity index (χ3n) is 4.65. The first-order valence-electron chi connectivity index (χ1n) is 10.1. The quantitative estimate of drug-likeness (QED) is 0.303. The van der Waals surface area contributed by atoms with Gasteiger partial charge in [0.2, 0.25) is 0 Å². The van der Waals surface area contributed by atoms with Crippen molar-refractivity contribution in [2.75, 3.05) is 0 Å². The van der Waals surface area contributed by atoms with Crippen molar-refractivity contribution >= 4 is 34.2 Å². The van der Waals surface area contributed by atoms with Crippen LogP contribution in [-0.2, 0) is 12.8 Å². The summed E-state index contributed by atoms with van der Waals surface area (Å²) in [6.45, 7) is 9.00. The van der Waals surface area contributed by atoms with Gasteiger partial charge in [-0.3, -0.25) is 0 Å². The summed E-state index contributed by atoms with van der Waals surface area (Å²) >= 11 is 11.3. The zero-order chi connectivity index (χ0) is 19.8. The third kappa shape index (κ3) is 7.63. The Morgan fingerprint density at radius 2 is 0.963 bits per heavy atom. The van der Waals surface area contributed by atoms with Gasteiger partial charge in [0, 0.05) is 9.73 Å². The Morgan fingerprint density at radius 1 is 0.630 bits per heavy atom. The number of benzene rings is 2. The van der Waals surface area contributed by atoms with Gasteiger partial charge in [0.15, 0.2) is 0 Å². The smallest absolute Gasteiger partial charge is 0.0224 e. The summed E-state index contributed by atoms with van der Waals surface area (Å²) in [6.07, 6.45) is 5.10. The Morgan fingerprint density at radius 3 is 1.26 bits per heavy atom. The zero-order valence-corrected chi connectivity index (χ0v) is 18.8. The molecule has 2 heteroatoms. The summed E-state index contributed by atoms with van der Waals surface area (Å²) in [5.74, 6) is 1.37. The van der Waals surface area contributed by atoms with Gasteiger partial charge < -0.3 is 0 Å². The van der Waals surface area contributed by atoms with Gasteiger partial charge in [-0.1, -0.05) is 101 Å². The number of rotatable bonds is 10. The lowest BCUT2D eigenvalue weighted by Crippen LogP contribution is -2.02. The molecule has 0 aliphatic carbocycles. The molecule has 144 valence electrons. The van der Waals surface area contributed by atoms with E-state index in [0.29, 0.717) is 11.8 Å². The first-order valence-corrected chi connectivity index (χ1v) is 10.9. The summed E-state index contributed by atoms with van der Waals surface area (Å²) in [4.78, 5) is 2.09. The minimum absolute atomic E-state index is 0.684. The zero-order valence-electron chi connectivity index (χ0n) is 17.1. The molecule has 2 aromatic rings. The second kappa shape index (κ2) is 10.8. The van der Waals surface area contributed by atoms with Crippen LogP contribution in [0.25, 0.3) is 0 Å². The van der Waals surface area contributed by atoms with Crippen LogP contribution in [0.1, 0.15) is 69.2 Å². The molecule has 0 amide bonds. The van der Waals surface area contributed by atoms with Crippen LogP contribution in [-0.4, -0.2) is 9.73 Å². The van der Waals surface area contributed by atoms with E-state index in [1.165, 1.54) is 22.3 Å². The fourth-order valence-corrected chi connectivity index (χ4v) is 3.86. The maximum Gasteiger partial charge on any atom is 0.0224 e. The lowest BCUT2D eigenvalue weighted by atomic mass is 9.98. The Bertz CT molecular complexity index is 671. The lowest BCUT2D eigenvalue weighted by molar-refractivity contribution is 0.647. The van der Waals surface area contributed by atoms with Crippen molar-refractivity contribution < 1.29 is 0 Å². The van der Waals surface area contributed by atoms with Crippen LogP contribution in [0.4, 0.5) is 0 Å². The van der Waals surface area contributed by atoms with E-state index in [1.54, 1.807) is 0 Å². The van der Waals surface area contributed by atoms with Gasteiger partial charge in [-0.25, -0.2) is 0 Å². The SMILES string of the molecule is CC(C)Cc1ccc(C(=S)CCCC(=S)c2ccc(CC(C)C)cc2)cc1. The van der Waals surface area contributed by atoms with Gasteiger partial charge in [0.25, 0.3) is 0 Å². The first kappa shape index (κ1) is 21.9. The topological polar surface area (TPSA) is 0 Å². The van der Waals surface area contributed by atoms with E-state index in [4.69, 9.17) is 24.4 Å². The van der Waals surface area contributed by atoms with Gasteiger partial charge in [-0.05, 0) is 66.2 Å². The third-order valence-corrected chi connectivity index (χ3v) is 5.53. The molecule has 0 saturated heterocycles. The average Bonchev–Trinajstić information content (AvgIpc) is 2.61. The minimum Gasteiger partial charge on any atom is -0.0843 e. The van der Waals surface area contributed by atoms with Crippen molar-refractivity contribution in [1.82, 2.24) is 0 Å². The molecule has 0 atom stereocenters. The second-order valence-electron chi connectivity index (χ2n) is 8.29. The van der Waals surface area contributed by atoms with Crippen molar-refractivity contribution in [2.24, 2.45) is 11.8 Å². The summed E-state index contributed by atoms with van der Waals surface area (Å²) in [6, 6.07) is 17.5. The summed E-state index contributed by atoms with van der Waals surface area (Å²) in [5.41, 5.74) is 5.14. The van der Waals surface area contributed by atoms with Gasteiger partial charge in [0.05, 0.1) is 0 Å². The predicted octanol–water partition coefficient (Wildman–Crippen LogP) is 7.39. The van der Waals surface area contributed by atoms with E-state index < -0.39 is 0 Å². The maximum atomic E-state index is 5.63. The standard InChI is InChI=1S/C25H32S2/c1-18(2)16-20-8-12-22(13-9-20)24(26)6-5-7-25(27)23-14-10-21(11-15-23)17-19(3)4/h8-15,18-19H,5-7,16-17H2,1-4H3. The molecule has 0 unspecified atom stereocenters. The molecule has 0 aliphatic rings. The molecule has 0 nitrogen and oxygen atoms in total. The number of hydrogen-bond donors (Lipinski definition) is 0. The van der Waals surface area contributed by atoms with E-state index in [9.17, 15) is 0 Å². The van der Waals surface area contributed by atoms with E-state index >= 15 is 0 Å². The molecule has 0 aliphatic heterocycles. The van der Waals surface area contributed by atoms with Crippen molar-refractivity contribution in [3.05, 3.63) is 70.8 Å². The maximum absolute atomic E-state index is 5.63. The highest BCUT2D eigenvalue weighted by Gasteiger charge is 2.06. The molecule has 0 saturated carbocycles. The highest BCUT2D eigenvalue weighted by molar-refractivity contribution is 7.81. The molecule has 0 N–H and O–H groups in total. The molecule has 2 aromatic carbocycles. The van der Waals surface area contributed by atoms with Crippen molar-refractivity contribution in [1.29, 1.82) is 0 Å². The summed E-state index contributed by atoms with van der Waals surface area (Å²) in [5, 5.41) is 0. The fourth-order valence-electron chi connectivity index (χ4n) is 3.29. The van der Waals surface area contributed by atoms with E-state index in [-0.39, 0.29) is 0 Å². The van der Waals surface area contributed by atoms with Gasteiger partial charge in [-0.2, -0.15) is 0 Å². The van der Waals surface area contributed by atoms with E-state index in [0.717, 1.165) is 41.8 Å². The molecule has 2 rings (SSSR count). The molecular formula is C25H32S2. The molecule has 0 bridgehead atoms. The molecule has 0 fully saturated rings. The van der Waals surface area contributed by atoms with Gasteiger partial charge >= 0.3 is 0 Å². The Labute approximate surface area is 176 Å². The minimum atomic E-state index is 0.684. The summed E-state index contributed by atoms with van der Waals surface area (Å²) < 4.78 is 0. The molecule has 0 spiro atoms. The van der Waals surface area contributed by atoms with Crippen molar-refractivity contribution in [2.45, 2.75) is 59.8 Å². The van der Waals surface area contributed by atoms with Crippen LogP contribution in [0.3, 0.4) is 0 Å². The highest BCUT2D eigenvalue weighted by Crippen LogP contribution is 2.16. The van der Waals surface area contributed by atoms with Crippen LogP contribution in [0.2, 0.25) is 0 Å². The molecule has 0 heterocycles. The van der Waals surface area contributed by atoms with Crippen LogP contribution >= 0.6 is 24.4 Å². The molecule has 27 heavy (non-hydrogen) atoms. The normalized spacial score (nSPS) is 11.2. The lowest BCUT2D eigenvalue weighted by Gasteiger charge is -2.09.